The van der Waals surface area contributed by atoms with Crippen molar-refractivity contribution in [2.24, 2.45) is 0 Å². The number of pyridine rings is 1. The number of hydrogen-bond acceptors (Lipinski definition) is 4. The van der Waals surface area contributed by atoms with Crippen molar-refractivity contribution in [2.45, 2.75) is 44.3 Å². The Morgan fingerprint density at radius 1 is 1.35 bits per heavy atom. The number of nitrogens with one attached hydrogen (secondary N) is 3. The molecule has 1 fully saturated rings. The van der Waals surface area contributed by atoms with E-state index >= 15 is 0 Å². The van der Waals surface area contributed by atoms with Gasteiger partial charge in [-0.25, -0.2) is 0 Å². The van der Waals surface area contributed by atoms with Crippen LogP contribution in [0.4, 0.5) is 13.2 Å². The molecule has 1 saturated carbocycles. The van der Waals surface area contributed by atoms with Crippen molar-refractivity contribution in [3.05, 3.63) is 70.1 Å². The number of H-pyrrole nitrogens is 2. The fraction of sp³-hybridized carbons (Fsp3) is 0.333. The zero-order chi connectivity index (χ0) is 22.4. The molecular formula is C21H19F3N6O. The summed E-state index contributed by atoms with van der Waals surface area (Å²) >= 11 is 0. The van der Waals surface area contributed by atoms with E-state index in [4.69, 9.17) is 5.26 Å². The van der Waals surface area contributed by atoms with Crippen molar-refractivity contribution in [1.29, 1.82) is 5.26 Å². The highest BCUT2D eigenvalue weighted by Gasteiger charge is 2.48. The van der Waals surface area contributed by atoms with Crippen LogP contribution in [0.2, 0.25) is 0 Å². The molecule has 1 aliphatic rings. The molecule has 0 spiro atoms. The average Bonchev–Trinajstić information content (AvgIpc) is 3.20. The van der Waals surface area contributed by atoms with E-state index in [-0.39, 0.29) is 11.6 Å². The number of alkyl halides is 3. The van der Waals surface area contributed by atoms with Gasteiger partial charge in [-0.15, -0.1) is 0 Å². The van der Waals surface area contributed by atoms with Crippen LogP contribution in [0.1, 0.15) is 70.1 Å². The highest BCUT2D eigenvalue weighted by Crippen LogP contribution is 2.54. The summed E-state index contributed by atoms with van der Waals surface area (Å²) in [6, 6.07) is 5.54. The molecule has 0 aliphatic heterocycles. The first kappa shape index (κ1) is 20.7. The molecule has 3 aromatic heterocycles. The number of amides is 1. The van der Waals surface area contributed by atoms with Crippen LogP contribution < -0.4 is 5.32 Å². The standard InChI is InChI=1S/C21H19F3N6O/c1-11-15(20(5-6-20)13-3-4-17(26-9-13)21(22,23)24)10-27-18(11)19(31)28-12(2)16-7-14(8-25)29-30-16/h3-4,7,9-10,12,27H,5-6H2,1-2H3,(H,28,31)(H,29,30)/t12-/m1/s1. The number of hydrogen-bond donors (Lipinski definition) is 3. The van der Waals surface area contributed by atoms with Gasteiger partial charge in [-0.2, -0.15) is 23.5 Å². The van der Waals surface area contributed by atoms with Crippen LogP contribution in [0.15, 0.2) is 30.6 Å². The molecular weight excluding hydrogens is 409 g/mol. The van der Waals surface area contributed by atoms with Gasteiger partial charge >= 0.3 is 6.18 Å². The van der Waals surface area contributed by atoms with Crippen LogP contribution in [-0.4, -0.2) is 26.1 Å². The zero-order valence-electron chi connectivity index (χ0n) is 16.8. The lowest BCUT2D eigenvalue weighted by Crippen LogP contribution is -2.27. The Morgan fingerprint density at radius 3 is 2.65 bits per heavy atom. The van der Waals surface area contributed by atoms with Gasteiger partial charge in [0.2, 0.25) is 0 Å². The third-order valence-corrected chi connectivity index (χ3v) is 5.77. The highest BCUT2D eigenvalue weighted by molar-refractivity contribution is 5.94. The minimum atomic E-state index is -4.48. The molecule has 0 unspecified atom stereocenters. The first-order valence-electron chi connectivity index (χ1n) is 9.64. The molecule has 1 atom stereocenters. The summed E-state index contributed by atoms with van der Waals surface area (Å²) in [6.07, 6.45) is 0.0606. The molecule has 0 radical (unpaired) electrons. The summed E-state index contributed by atoms with van der Waals surface area (Å²) in [6.45, 7) is 3.58. The summed E-state index contributed by atoms with van der Waals surface area (Å²) in [5.74, 6) is -0.328. The summed E-state index contributed by atoms with van der Waals surface area (Å²) in [5.41, 5.74) is 2.17. The predicted octanol–water partition coefficient (Wildman–Crippen LogP) is 3.90. The van der Waals surface area contributed by atoms with Crippen LogP contribution in [0.25, 0.3) is 0 Å². The summed E-state index contributed by atoms with van der Waals surface area (Å²) in [7, 11) is 0. The van der Waals surface area contributed by atoms with Gasteiger partial charge < -0.3 is 10.3 Å². The maximum absolute atomic E-state index is 12.8. The highest BCUT2D eigenvalue weighted by atomic mass is 19.4. The third-order valence-electron chi connectivity index (χ3n) is 5.77. The molecule has 1 aliphatic carbocycles. The molecule has 3 aromatic rings. The molecule has 3 heterocycles. The number of halogens is 3. The van der Waals surface area contributed by atoms with Crippen LogP contribution in [0.3, 0.4) is 0 Å². The minimum absolute atomic E-state index is 0.232. The van der Waals surface area contributed by atoms with Gasteiger partial charge in [-0.3, -0.25) is 14.9 Å². The largest absolute Gasteiger partial charge is 0.433 e. The van der Waals surface area contributed by atoms with Crippen LogP contribution in [0.5, 0.6) is 0 Å². The lowest BCUT2D eigenvalue weighted by atomic mass is 9.88. The average molecular weight is 428 g/mol. The first-order valence-corrected chi connectivity index (χ1v) is 9.64. The van der Waals surface area contributed by atoms with E-state index in [1.807, 2.05) is 13.0 Å². The monoisotopic (exact) mass is 428 g/mol. The lowest BCUT2D eigenvalue weighted by molar-refractivity contribution is -0.141. The maximum atomic E-state index is 12.8. The van der Waals surface area contributed by atoms with Gasteiger partial charge in [0.15, 0.2) is 5.69 Å². The number of aromatic amines is 2. The molecule has 31 heavy (non-hydrogen) atoms. The van der Waals surface area contributed by atoms with Gasteiger partial charge in [0.25, 0.3) is 5.91 Å². The van der Waals surface area contributed by atoms with Gasteiger partial charge in [-0.05, 0) is 55.5 Å². The fourth-order valence-corrected chi connectivity index (χ4v) is 3.87. The van der Waals surface area contributed by atoms with Crippen molar-refractivity contribution in [2.75, 3.05) is 0 Å². The Hall–Kier alpha value is -3.61. The topological polar surface area (TPSA) is 110 Å². The maximum Gasteiger partial charge on any atom is 0.433 e. The number of nitriles is 1. The molecule has 4 rings (SSSR count). The summed E-state index contributed by atoms with van der Waals surface area (Å²) in [5, 5.41) is 18.3. The van der Waals surface area contributed by atoms with E-state index in [0.717, 1.165) is 30.0 Å². The quantitative estimate of drug-likeness (QED) is 0.572. The van der Waals surface area contributed by atoms with Crippen molar-refractivity contribution >= 4 is 5.91 Å². The van der Waals surface area contributed by atoms with Crippen LogP contribution >= 0.6 is 0 Å². The Balaban J connectivity index is 1.55. The van der Waals surface area contributed by atoms with Crippen molar-refractivity contribution in [3.63, 3.8) is 0 Å². The molecule has 3 N–H and O–H groups in total. The number of rotatable bonds is 5. The van der Waals surface area contributed by atoms with Crippen molar-refractivity contribution in [1.82, 2.24) is 25.5 Å². The molecule has 0 aromatic carbocycles. The SMILES string of the molecule is Cc1c(C2(c3ccc(C(F)(F)F)nc3)CC2)c[nH]c1C(=O)N[C@H](C)c1cc(C#N)n[nH]1. The van der Waals surface area contributed by atoms with E-state index in [1.165, 1.54) is 12.3 Å². The molecule has 1 amide bonds. The summed E-state index contributed by atoms with van der Waals surface area (Å²) in [4.78, 5) is 19.4. The van der Waals surface area contributed by atoms with Crippen LogP contribution in [0, 0.1) is 18.3 Å². The Morgan fingerprint density at radius 2 is 2.10 bits per heavy atom. The second kappa shape index (κ2) is 7.27. The normalized spacial score (nSPS) is 15.9. The predicted molar refractivity (Wildman–Crippen MR) is 104 cm³/mol. The number of carbonyl (C=O) groups is 1. The van der Waals surface area contributed by atoms with Gasteiger partial charge in [0.05, 0.1) is 11.7 Å². The Kier molecular flexibility index (Phi) is 4.84. The Bertz CT molecular complexity index is 1170. The number of carbonyl (C=O) groups excluding carboxylic acids is 1. The second-order valence-corrected chi connectivity index (χ2v) is 7.73. The summed E-state index contributed by atoms with van der Waals surface area (Å²) < 4.78 is 38.5. The fourth-order valence-electron chi connectivity index (χ4n) is 3.87. The second-order valence-electron chi connectivity index (χ2n) is 7.73. The Labute approximate surface area is 175 Å². The third kappa shape index (κ3) is 3.67. The lowest BCUT2D eigenvalue weighted by Gasteiger charge is -2.17. The zero-order valence-corrected chi connectivity index (χ0v) is 16.8. The molecule has 10 heteroatoms. The van der Waals surface area contributed by atoms with Crippen molar-refractivity contribution < 1.29 is 18.0 Å². The van der Waals surface area contributed by atoms with E-state index in [2.05, 4.69) is 25.5 Å². The van der Waals surface area contributed by atoms with E-state index in [9.17, 15) is 18.0 Å². The van der Waals surface area contributed by atoms with E-state index in [1.54, 1.807) is 19.2 Å². The molecule has 7 nitrogen and oxygen atoms in total. The van der Waals surface area contributed by atoms with E-state index < -0.39 is 23.3 Å². The number of nitrogens with zero attached hydrogens (tertiary/aromatic N) is 3. The van der Waals surface area contributed by atoms with Crippen LogP contribution in [-0.2, 0) is 11.6 Å². The van der Waals surface area contributed by atoms with Gasteiger partial charge in [0.1, 0.15) is 17.5 Å². The van der Waals surface area contributed by atoms with Gasteiger partial charge in [-0.1, -0.05) is 6.07 Å². The first-order chi connectivity index (χ1) is 14.7. The molecule has 160 valence electrons. The van der Waals surface area contributed by atoms with Crippen molar-refractivity contribution in [3.8, 4) is 6.07 Å². The van der Waals surface area contributed by atoms with Gasteiger partial charge in [0, 0.05) is 17.8 Å². The smallest absolute Gasteiger partial charge is 0.357 e. The van der Waals surface area contributed by atoms with E-state index in [0.29, 0.717) is 17.0 Å². The molecule has 0 bridgehead atoms. The number of aromatic nitrogens is 4. The molecule has 0 saturated heterocycles. The minimum Gasteiger partial charge on any atom is -0.357 e.